The number of carbonyl (C=O) groups is 2. The zero-order chi connectivity index (χ0) is 23.8. The summed E-state index contributed by atoms with van der Waals surface area (Å²) in [5.41, 5.74) is 1.51. The highest BCUT2D eigenvalue weighted by molar-refractivity contribution is 6.29. The third kappa shape index (κ3) is 5.97. The second-order valence-electron chi connectivity index (χ2n) is 6.66. The van der Waals surface area contributed by atoms with Crippen LogP contribution in [-0.2, 0) is 0 Å². The first-order valence-electron chi connectivity index (χ1n) is 9.87. The molecule has 0 fully saturated rings. The normalized spacial score (nSPS) is 10.4. The van der Waals surface area contributed by atoms with Crippen LogP contribution in [0.25, 0.3) is 11.3 Å². The van der Waals surface area contributed by atoms with Crippen molar-refractivity contribution in [2.24, 2.45) is 0 Å². The van der Waals surface area contributed by atoms with Gasteiger partial charge in [0.15, 0.2) is 17.3 Å². The number of halogens is 1. The maximum Gasteiger partial charge on any atom is 0.251 e. The quantitative estimate of drug-likeness (QED) is 0.342. The van der Waals surface area contributed by atoms with Crippen molar-refractivity contribution in [3.8, 4) is 28.5 Å². The number of benzene rings is 1. The van der Waals surface area contributed by atoms with Gasteiger partial charge in [0.25, 0.3) is 5.91 Å². The number of nitrogens with zero attached hydrogens (tertiary/aromatic N) is 2. The van der Waals surface area contributed by atoms with Crippen molar-refractivity contribution < 1.29 is 28.9 Å². The highest BCUT2D eigenvalue weighted by Crippen LogP contribution is 2.30. The van der Waals surface area contributed by atoms with Crippen molar-refractivity contribution in [2.75, 3.05) is 34.0 Å². The molecule has 3 rings (SSSR count). The third-order valence-electron chi connectivity index (χ3n) is 4.55. The van der Waals surface area contributed by atoms with Crippen LogP contribution in [0.5, 0.6) is 17.2 Å². The lowest BCUT2D eigenvalue weighted by molar-refractivity contribution is 0.0902. The molecule has 9 nitrogen and oxygen atoms in total. The Bertz CT molecular complexity index is 1150. The Morgan fingerprint density at radius 1 is 1.03 bits per heavy atom. The molecule has 0 saturated heterocycles. The zero-order valence-corrected chi connectivity index (χ0v) is 18.8. The molecule has 2 heterocycles. The number of hydrogen-bond donors (Lipinski definition) is 2. The Kier molecular flexibility index (Phi) is 8.17. The van der Waals surface area contributed by atoms with Gasteiger partial charge in [0, 0.05) is 17.3 Å². The molecule has 0 radical (unpaired) electrons. The minimum absolute atomic E-state index is 0.0962. The van der Waals surface area contributed by atoms with Gasteiger partial charge >= 0.3 is 0 Å². The molecule has 0 atom stereocenters. The summed E-state index contributed by atoms with van der Waals surface area (Å²) in [6, 6.07) is 11.0. The van der Waals surface area contributed by atoms with Crippen molar-refractivity contribution >= 4 is 23.3 Å². The lowest BCUT2D eigenvalue weighted by Crippen LogP contribution is -2.30. The van der Waals surface area contributed by atoms with E-state index in [1.165, 1.54) is 38.6 Å². The van der Waals surface area contributed by atoms with Crippen LogP contribution in [0.4, 0.5) is 0 Å². The summed E-state index contributed by atoms with van der Waals surface area (Å²) in [5.74, 6) is 0.339. The number of Topliss-reactive ketones (excluding diaryl/α,β-unsaturated/α-hetero) is 1. The number of nitrogens with one attached hydrogen (secondary N) is 1. The fourth-order valence-electron chi connectivity index (χ4n) is 2.96. The average Bonchev–Trinajstić information content (AvgIpc) is 2.85. The predicted molar refractivity (Wildman–Crippen MR) is 121 cm³/mol. The van der Waals surface area contributed by atoms with E-state index in [0.29, 0.717) is 28.5 Å². The molecule has 0 aliphatic heterocycles. The molecule has 10 heteroatoms. The minimum Gasteiger partial charge on any atom is -0.494 e. The lowest BCUT2D eigenvalue weighted by atomic mass is 10.1. The average molecular weight is 472 g/mol. The fourth-order valence-corrected chi connectivity index (χ4v) is 3.13. The van der Waals surface area contributed by atoms with Gasteiger partial charge in [-0.1, -0.05) is 11.6 Å². The molecule has 2 aromatic heterocycles. The van der Waals surface area contributed by atoms with Crippen LogP contribution in [0.3, 0.4) is 0 Å². The monoisotopic (exact) mass is 471 g/mol. The highest BCUT2D eigenvalue weighted by atomic mass is 35.5. The Balaban J connectivity index is 1.73. The Labute approximate surface area is 195 Å². The molecular weight excluding hydrogens is 450 g/mol. The number of aliphatic hydroxyl groups is 1. The first kappa shape index (κ1) is 24.0. The predicted octanol–water partition coefficient (Wildman–Crippen LogP) is 2.80. The molecule has 1 amide bonds. The molecule has 33 heavy (non-hydrogen) atoms. The summed E-state index contributed by atoms with van der Waals surface area (Å²) in [6.07, 6.45) is 1.53. The molecular formula is C23H22ClN3O6. The van der Waals surface area contributed by atoms with Gasteiger partial charge < -0.3 is 24.6 Å². The van der Waals surface area contributed by atoms with E-state index in [1.807, 2.05) is 0 Å². The van der Waals surface area contributed by atoms with Crippen LogP contribution < -0.4 is 19.5 Å². The van der Waals surface area contributed by atoms with E-state index in [-0.39, 0.29) is 42.0 Å². The lowest BCUT2D eigenvalue weighted by Gasteiger charge is -2.12. The maximum atomic E-state index is 12.7. The number of aromatic nitrogens is 2. The van der Waals surface area contributed by atoms with Gasteiger partial charge in [-0.3, -0.25) is 9.59 Å². The van der Waals surface area contributed by atoms with Crippen LogP contribution in [0.1, 0.15) is 20.8 Å². The summed E-state index contributed by atoms with van der Waals surface area (Å²) in [5, 5.41) is 11.8. The molecule has 2 N–H and O–H groups in total. The van der Waals surface area contributed by atoms with Crippen molar-refractivity contribution in [2.45, 2.75) is 0 Å². The Morgan fingerprint density at radius 3 is 2.48 bits per heavy atom. The van der Waals surface area contributed by atoms with Crippen molar-refractivity contribution in [1.82, 2.24) is 15.3 Å². The van der Waals surface area contributed by atoms with Gasteiger partial charge in [-0.25, -0.2) is 9.97 Å². The topological polar surface area (TPSA) is 120 Å². The van der Waals surface area contributed by atoms with Gasteiger partial charge in [-0.2, -0.15) is 0 Å². The number of hydrogen-bond acceptors (Lipinski definition) is 8. The maximum absolute atomic E-state index is 12.7. The number of rotatable bonds is 10. The summed E-state index contributed by atoms with van der Waals surface area (Å²) in [6.45, 7) is -0.318. The summed E-state index contributed by atoms with van der Waals surface area (Å²) < 4.78 is 15.9. The van der Waals surface area contributed by atoms with E-state index >= 15 is 0 Å². The van der Waals surface area contributed by atoms with Crippen molar-refractivity contribution in [3.05, 3.63) is 65.1 Å². The highest BCUT2D eigenvalue weighted by Gasteiger charge is 2.16. The number of amides is 1. The molecule has 0 aliphatic carbocycles. The fraction of sp³-hybridized carbons (Fsp3) is 0.217. The second kappa shape index (κ2) is 11.3. The van der Waals surface area contributed by atoms with Gasteiger partial charge in [0.1, 0.15) is 28.9 Å². The van der Waals surface area contributed by atoms with Crippen LogP contribution in [0.15, 0.2) is 48.7 Å². The standard InChI is InChI=1S/C23H22ClN3O6/c1-31-19-6-4-16(27-22(19)14-7-8-25-21(24)12-14)17(29)13-26-23(30)15-3-5-18(33-10-9-28)20(11-15)32-2/h3-8,11-12,28H,9-10,13H2,1-2H3,(H,26,30). The number of carbonyl (C=O) groups excluding carboxylic acids is 2. The Hall–Kier alpha value is -3.69. The van der Waals surface area contributed by atoms with Gasteiger partial charge in [0.05, 0.1) is 27.4 Å². The van der Waals surface area contributed by atoms with E-state index < -0.39 is 5.91 Å². The van der Waals surface area contributed by atoms with E-state index in [4.69, 9.17) is 30.9 Å². The first-order chi connectivity index (χ1) is 16.0. The van der Waals surface area contributed by atoms with Crippen molar-refractivity contribution in [3.63, 3.8) is 0 Å². The van der Waals surface area contributed by atoms with Crippen LogP contribution >= 0.6 is 11.6 Å². The van der Waals surface area contributed by atoms with Crippen molar-refractivity contribution in [1.29, 1.82) is 0 Å². The smallest absolute Gasteiger partial charge is 0.251 e. The Morgan fingerprint density at radius 2 is 1.79 bits per heavy atom. The number of methoxy groups -OCH3 is 2. The number of ether oxygens (including phenoxy) is 3. The molecule has 0 bridgehead atoms. The molecule has 3 aromatic rings. The molecule has 0 spiro atoms. The SMILES string of the molecule is COc1cc(C(=O)NCC(=O)c2ccc(OC)c(-c3ccnc(Cl)c3)n2)ccc1OCCO. The van der Waals surface area contributed by atoms with Crippen LogP contribution in [-0.4, -0.2) is 60.7 Å². The molecule has 1 aromatic carbocycles. The molecule has 0 aliphatic rings. The van der Waals surface area contributed by atoms with E-state index in [1.54, 1.807) is 24.3 Å². The van der Waals surface area contributed by atoms with Gasteiger partial charge in [-0.05, 0) is 42.5 Å². The summed E-state index contributed by atoms with van der Waals surface area (Å²) >= 11 is 5.97. The summed E-state index contributed by atoms with van der Waals surface area (Å²) in [4.78, 5) is 33.6. The number of ketones is 1. The van der Waals surface area contributed by atoms with E-state index in [9.17, 15) is 9.59 Å². The third-order valence-corrected chi connectivity index (χ3v) is 4.75. The summed E-state index contributed by atoms with van der Waals surface area (Å²) in [7, 11) is 2.94. The molecule has 172 valence electrons. The van der Waals surface area contributed by atoms with Crippen LogP contribution in [0, 0.1) is 0 Å². The largest absolute Gasteiger partial charge is 0.494 e. The first-order valence-corrected chi connectivity index (χ1v) is 10.2. The number of aliphatic hydroxyl groups excluding tert-OH is 1. The minimum atomic E-state index is -0.468. The van der Waals surface area contributed by atoms with E-state index in [0.717, 1.165) is 0 Å². The van der Waals surface area contributed by atoms with E-state index in [2.05, 4.69) is 15.3 Å². The molecule has 0 unspecified atom stereocenters. The van der Waals surface area contributed by atoms with Gasteiger partial charge in [0.2, 0.25) is 0 Å². The zero-order valence-electron chi connectivity index (χ0n) is 18.0. The molecule has 0 saturated carbocycles. The number of pyridine rings is 2. The second-order valence-corrected chi connectivity index (χ2v) is 7.05. The van der Waals surface area contributed by atoms with Gasteiger partial charge in [-0.15, -0.1) is 0 Å². The van der Waals surface area contributed by atoms with Crippen LogP contribution in [0.2, 0.25) is 5.15 Å².